The van der Waals surface area contributed by atoms with Crippen LogP contribution in [-0.4, -0.2) is 77.2 Å². The van der Waals surface area contributed by atoms with E-state index in [9.17, 15) is 19.2 Å². The van der Waals surface area contributed by atoms with E-state index in [0.717, 1.165) is 19.4 Å². The number of likely N-dealkylation sites (tertiary alicyclic amines) is 1. The number of hydrogen-bond acceptors (Lipinski definition) is 6. The van der Waals surface area contributed by atoms with E-state index in [-0.39, 0.29) is 23.6 Å². The number of rotatable bonds is 7. The smallest absolute Gasteiger partial charge is 0.322 e. The molecule has 2 fully saturated rings. The van der Waals surface area contributed by atoms with E-state index in [1.54, 1.807) is 0 Å². The van der Waals surface area contributed by atoms with Gasteiger partial charge in [-0.1, -0.05) is 0 Å². The molecular formula is C15H24N4O5S. The minimum Gasteiger partial charge on any atom is -0.480 e. The lowest BCUT2D eigenvalue weighted by atomic mass is 10.1. The van der Waals surface area contributed by atoms with Crippen molar-refractivity contribution in [1.29, 1.82) is 0 Å². The Morgan fingerprint density at radius 3 is 2.56 bits per heavy atom. The van der Waals surface area contributed by atoms with Crippen LogP contribution in [0.25, 0.3) is 0 Å². The number of carboxylic acid groups (broad SMARTS) is 1. The fourth-order valence-corrected chi connectivity index (χ4v) is 3.40. The van der Waals surface area contributed by atoms with E-state index < -0.39 is 30.5 Å². The summed E-state index contributed by atoms with van der Waals surface area (Å²) in [5.41, 5.74) is 0. The first-order chi connectivity index (χ1) is 11.9. The van der Waals surface area contributed by atoms with Crippen LogP contribution in [0.5, 0.6) is 0 Å². The summed E-state index contributed by atoms with van der Waals surface area (Å²) in [7, 11) is 0. The highest BCUT2D eigenvalue weighted by atomic mass is 32.1. The molecule has 4 N–H and O–H groups in total. The number of carboxylic acids is 1. The standard InChI is InChI=1S/C15H24N4O5S/c20-12(21)7-17-14(23)11-4-2-6-19(11)15(24)10(8-25)18-13(22)9-3-1-5-16-9/h9-11,16,25H,1-8H2,(H,17,23)(H,18,22)(H,20,21). The Morgan fingerprint density at radius 1 is 1.20 bits per heavy atom. The largest absolute Gasteiger partial charge is 0.480 e. The van der Waals surface area contributed by atoms with Crippen molar-refractivity contribution in [1.82, 2.24) is 20.9 Å². The first-order valence-electron chi connectivity index (χ1n) is 8.38. The summed E-state index contributed by atoms with van der Waals surface area (Å²) < 4.78 is 0. The lowest BCUT2D eigenvalue weighted by Gasteiger charge is -2.28. The molecule has 2 heterocycles. The van der Waals surface area contributed by atoms with E-state index in [0.29, 0.717) is 19.4 Å². The molecule has 9 nitrogen and oxygen atoms in total. The second kappa shape index (κ2) is 9.04. The van der Waals surface area contributed by atoms with Gasteiger partial charge in [0.05, 0.1) is 6.04 Å². The second-order valence-electron chi connectivity index (χ2n) is 6.19. The third kappa shape index (κ3) is 5.08. The second-order valence-corrected chi connectivity index (χ2v) is 6.56. The maximum Gasteiger partial charge on any atom is 0.322 e. The molecule has 2 saturated heterocycles. The van der Waals surface area contributed by atoms with Crippen LogP contribution in [0.1, 0.15) is 25.7 Å². The van der Waals surface area contributed by atoms with E-state index in [4.69, 9.17) is 5.11 Å². The molecule has 3 atom stereocenters. The van der Waals surface area contributed by atoms with Crippen molar-refractivity contribution in [3.05, 3.63) is 0 Å². The van der Waals surface area contributed by atoms with Gasteiger partial charge in [-0.25, -0.2) is 0 Å². The zero-order chi connectivity index (χ0) is 18.4. The van der Waals surface area contributed by atoms with Crippen LogP contribution in [0.15, 0.2) is 0 Å². The number of amides is 3. The SMILES string of the molecule is O=C(O)CNC(=O)C1CCCN1C(=O)C(CS)NC(=O)C1CCCN1. The molecule has 0 radical (unpaired) electrons. The summed E-state index contributed by atoms with van der Waals surface area (Å²) in [4.78, 5) is 49.0. The van der Waals surface area contributed by atoms with Gasteiger partial charge in [0, 0.05) is 12.3 Å². The van der Waals surface area contributed by atoms with Gasteiger partial charge in [-0.3, -0.25) is 19.2 Å². The van der Waals surface area contributed by atoms with Crippen LogP contribution in [0, 0.1) is 0 Å². The van der Waals surface area contributed by atoms with Crippen molar-refractivity contribution >= 4 is 36.3 Å². The van der Waals surface area contributed by atoms with E-state index in [1.165, 1.54) is 4.90 Å². The van der Waals surface area contributed by atoms with Crippen molar-refractivity contribution < 1.29 is 24.3 Å². The van der Waals surface area contributed by atoms with E-state index in [1.807, 2.05) is 0 Å². The quantitative estimate of drug-likeness (QED) is 0.341. The Balaban J connectivity index is 1.96. The molecule has 0 aromatic rings. The number of hydrogen-bond donors (Lipinski definition) is 5. The molecule has 3 amide bonds. The zero-order valence-electron chi connectivity index (χ0n) is 13.9. The minimum absolute atomic E-state index is 0.122. The molecule has 0 bridgehead atoms. The normalized spacial score (nSPS) is 24.0. The van der Waals surface area contributed by atoms with Gasteiger partial charge in [0.1, 0.15) is 18.6 Å². The monoisotopic (exact) mass is 372 g/mol. The van der Waals surface area contributed by atoms with Gasteiger partial charge < -0.3 is 26.0 Å². The third-order valence-electron chi connectivity index (χ3n) is 4.43. The minimum atomic E-state index is -1.14. The Bertz CT molecular complexity index is 538. The fourth-order valence-electron chi connectivity index (χ4n) is 3.15. The molecule has 2 aliphatic heterocycles. The number of aliphatic carboxylic acids is 1. The molecule has 0 aromatic heterocycles. The van der Waals surface area contributed by atoms with Gasteiger partial charge in [-0.2, -0.15) is 12.6 Å². The summed E-state index contributed by atoms with van der Waals surface area (Å²) >= 11 is 4.15. The predicted molar refractivity (Wildman–Crippen MR) is 92.2 cm³/mol. The topological polar surface area (TPSA) is 128 Å². The van der Waals surface area contributed by atoms with Gasteiger partial charge >= 0.3 is 5.97 Å². The molecule has 0 saturated carbocycles. The number of nitrogens with zero attached hydrogens (tertiary/aromatic N) is 1. The molecule has 0 aliphatic carbocycles. The number of thiol groups is 1. The van der Waals surface area contributed by atoms with Crippen LogP contribution in [0.3, 0.4) is 0 Å². The van der Waals surface area contributed by atoms with Gasteiger partial charge in [0.25, 0.3) is 0 Å². The molecule has 3 unspecified atom stereocenters. The Morgan fingerprint density at radius 2 is 1.96 bits per heavy atom. The van der Waals surface area contributed by atoms with Gasteiger partial charge in [-0.15, -0.1) is 0 Å². The summed E-state index contributed by atoms with van der Waals surface area (Å²) in [6, 6.07) is -1.83. The van der Waals surface area contributed by atoms with Crippen LogP contribution in [0.2, 0.25) is 0 Å². The highest BCUT2D eigenvalue weighted by Gasteiger charge is 2.38. The van der Waals surface area contributed by atoms with E-state index >= 15 is 0 Å². The van der Waals surface area contributed by atoms with Crippen molar-refractivity contribution in [3.8, 4) is 0 Å². The maximum absolute atomic E-state index is 12.7. The van der Waals surface area contributed by atoms with Crippen LogP contribution < -0.4 is 16.0 Å². The van der Waals surface area contributed by atoms with Gasteiger partial charge in [0.15, 0.2) is 0 Å². The van der Waals surface area contributed by atoms with Crippen molar-refractivity contribution in [2.45, 2.75) is 43.8 Å². The third-order valence-corrected chi connectivity index (χ3v) is 4.79. The average molecular weight is 372 g/mol. The Hall–Kier alpha value is -1.81. The van der Waals surface area contributed by atoms with Gasteiger partial charge in [0.2, 0.25) is 17.7 Å². The van der Waals surface area contributed by atoms with Crippen LogP contribution in [0.4, 0.5) is 0 Å². The lowest BCUT2D eigenvalue weighted by molar-refractivity contribution is -0.142. The molecule has 0 aromatic carbocycles. The summed E-state index contributed by atoms with van der Waals surface area (Å²) in [6.07, 6.45) is 2.75. The number of nitrogens with one attached hydrogen (secondary N) is 3. The van der Waals surface area contributed by atoms with Crippen LogP contribution >= 0.6 is 12.6 Å². The number of carbonyl (C=O) groups is 4. The first-order valence-corrected chi connectivity index (χ1v) is 9.02. The van der Waals surface area contributed by atoms with Gasteiger partial charge in [-0.05, 0) is 32.2 Å². The first kappa shape index (κ1) is 19.5. The summed E-state index contributed by atoms with van der Waals surface area (Å²) in [6.45, 7) is 0.679. The fraction of sp³-hybridized carbons (Fsp3) is 0.733. The predicted octanol–water partition coefficient (Wildman–Crippen LogP) is -1.66. The average Bonchev–Trinajstić information content (AvgIpc) is 3.27. The van der Waals surface area contributed by atoms with Crippen molar-refractivity contribution in [3.63, 3.8) is 0 Å². The maximum atomic E-state index is 12.7. The van der Waals surface area contributed by atoms with E-state index in [2.05, 4.69) is 28.6 Å². The Labute approximate surface area is 151 Å². The molecule has 25 heavy (non-hydrogen) atoms. The Kier molecular flexibility index (Phi) is 7.06. The zero-order valence-corrected chi connectivity index (χ0v) is 14.8. The van der Waals surface area contributed by atoms with Crippen molar-refractivity contribution in [2.24, 2.45) is 0 Å². The summed E-state index contributed by atoms with van der Waals surface area (Å²) in [5.74, 6) is -2.12. The van der Waals surface area contributed by atoms with Crippen LogP contribution in [-0.2, 0) is 19.2 Å². The highest BCUT2D eigenvalue weighted by molar-refractivity contribution is 7.80. The molecule has 140 valence electrons. The molecule has 2 rings (SSSR count). The molecule has 0 spiro atoms. The number of carbonyl (C=O) groups excluding carboxylic acids is 3. The molecule has 10 heteroatoms. The molecule has 2 aliphatic rings. The van der Waals surface area contributed by atoms with Crippen molar-refractivity contribution in [2.75, 3.05) is 25.4 Å². The summed E-state index contributed by atoms with van der Waals surface area (Å²) in [5, 5.41) is 16.7. The lowest BCUT2D eigenvalue weighted by Crippen LogP contribution is -2.56. The molecular weight excluding hydrogens is 348 g/mol. The highest BCUT2D eigenvalue weighted by Crippen LogP contribution is 2.19.